The number of hydrogen-bond donors (Lipinski definition) is 5. The van der Waals surface area contributed by atoms with E-state index in [1.807, 2.05) is 0 Å². The van der Waals surface area contributed by atoms with Gasteiger partial charge in [0.15, 0.2) is 0 Å². The van der Waals surface area contributed by atoms with Gasteiger partial charge in [0.25, 0.3) is 30.3 Å². The van der Waals surface area contributed by atoms with Crippen LogP contribution in [0.4, 0.5) is 21.9 Å². The normalized spacial score (nSPS) is 11.7. The zero-order valence-corrected chi connectivity index (χ0v) is 29.7. The summed E-state index contributed by atoms with van der Waals surface area (Å²) in [7, 11) is -13.1. The summed E-state index contributed by atoms with van der Waals surface area (Å²) in [4.78, 5) is 11.8. The van der Waals surface area contributed by atoms with Crippen LogP contribution in [0.2, 0.25) is 0 Å². The number of benzene rings is 5. The van der Waals surface area contributed by atoms with Crippen molar-refractivity contribution >= 4 is 74.9 Å². The predicted octanol–water partition coefficient (Wildman–Crippen LogP) is -0.836. The van der Waals surface area contributed by atoms with Crippen LogP contribution in [0, 0.1) is 0 Å². The van der Waals surface area contributed by atoms with E-state index >= 15 is 0 Å². The van der Waals surface area contributed by atoms with E-state index in [1.165, 1.54) is 42.5 Å². The first-order chi connectivity index (χ1) is 19.7. The summed E-state index contributed by atoms with van der Waals surface area (Å²) in [6.07, 6.45) is 0. The van der Waals surface area contributed by atoms with Gasteiger partial charge in [-0.25, -0.2) is 13.2 Å². The van der Waals surface area contributed by atoms with Crippen molar-refractivity contribution in [3.63, 3.8) is 0 Å². The molecule has 2 amide bonds. The van der Waals surface area contributed by atoms with Crippen molar-refractivity contribution in [3.05, 3.63) is 97.1 Å². The number of nitrogens with one attached hydrogen (secondary N) is 3. The fourth-order valence-corrected chi connectivity index (χ4v) is 6.29. The fraction of sp³-hybridized carbons (Fsp3) is 0. The SMILES string of the molecule is O=C(Nc1ccc2ccc(S(=O)(=O)O)cc2c1)Nc1ccc2ccc(S(=O)(=O)Nc3cccc(S(=O)(=O)O)c3)cc2c1.[H-].[H-].[Na+].[Na+]. The first-order valence-electron chi connectivity index (χ1n) is 11.9. The first-order valence-corrected chi connectivity index (χ1v) is 16.3. The van der Waals surface area contributed by atoms with E-state index in [9.17, 15) is 39.2 Å². The quantitative estimate of drug-likeness (QED) is 0.108. The van der Waals surface area contributed by atoms with Crippen LogP contribution in [0.25, 0.3) is 21.5 Å². The molecule has 0 heterocycles. The maximum absolute atomic E-state index is 13.0. The van der Waals surface area contributed by atoms with Crippen LogP contribution in [0.15, 0.2) is 112 Å². The summed E-state index contributed by atoms with van der Waals surface area (Å²) in [6.45, 7) is 0. The third-order valence-corrected chi connectivity index (χ3v) is 9.21. The van der Waals surface area contributed by atoms with Gasteiger partial charge >= 0.3 is 65.1 Å². The van der Waals surface area contributed by atoms with Crippen molar-refractivity contribution in [1.29, 1.82) is 0 Å². The number of rotatable bonds is 7. The van der Waals surface area contributed by atoms with E-state index in [0.29, 0.717) is 32.9 Å². The molecule has 12 nitrogen and oxygen atoms in total. The van der Waals surface area contributed by atoms with Crippen molar-refractivity contribution in [3.8, 4) is 0 Å². The van der Waals surface area contributed by atoms with Crippen molar-refractivity contribution < 1.29 is 101 Å². The van der Waals surface area contributed by atoms with E-state index in [1.54, 1.807) is 42.5 Å². The summed E-state index contributed by atoms with van der Waals surface area (Å²) < 4.78 is 92.5. The largest absolute Gasteiger partial charge is 1.00 e. The molecule has 5 N–H and O–H groups in total. The molecule has 0 saturated heterocycles. The minimum absolute atomic E-state index is 0. The molecular weight excluding hydrogens is 652 g/mol. The number of hydrogen-bond acceptors (Lipinski definition) is 7. The third kappa shape index (κ3) is 8.58. The van der Waals surface area contributed by atoms with Gasteiger partial charge in [0.05, 0.1) is 20.4 Å². The second-order valence-corrected chi connectivity index (χ2v) is 13.6. The zero-order valence-electron chi connectivity index (χ0n) is 25.2. The molecule has 0 spiro atoms. The number of amides is 2. The molecular formula is C27H23N3Na2O9S3. The molecule has 220 valence electrons. The molecule has 0 saturated carbocycles. The van der Waals surface area contributed by atoms with E-state index in [4.69, 9.17) is 0 Å². The molecule has 0 aliphatic carbocycles. The average Bonchev–Trinajstić information content (AvgIpc) is 2.91. The zero-order chi connectivity index (χ0) is 30.3. The molecule has 44 heavy (non-hydrogen) atoms. The summed E-state index contributed by atoms with van der Waals surface area (Å²) in [6, 6.07) is 22.2. The maximum Gasteiger partial charge on any atom is 1.00 e. The second-order valence-electron chi connectivity index (χ2n) is 9.11. The number of fused-ring (bicyclic) bond motifs is 2. The number of sulfonamides is 1. The molecule has 0 aliphatic heterocycles. The Morgan fingerprint density at radius 3 is 1.50 bits per heavy atom. The molecule has 5 aromatic rings. The Hall–Kier alpha value is -2.54. The topological polar surface area (TPSA) is 196 Å². The minimum atomic E-state index is -4.53. The van der Waals surface area contributed by atoms with Gasteiger partial charge in [-0.05, 0) is 88.3 Å². The second kappa shape index (κ2) is 13.8. The number of carbonyl (C=O) groups excluding carboxylic acids is 1. The van der Waals surface area contributed by atoms with Gasteiger partial charge in [-0.3, -0.25) is 13.8 Å². The van der Waals surface area contributed by atoms with Gasteiger partial charge in [0.1, 0.15) is 0 Å². The van der Waals surface area contributed by atoms with Gasteiger partial charge in [0, 0.05) is 11.4 Å². The Bertz CT molecular complexity index is 2240. The van der Waals surface area contributed by atoms with Crippen LogP contribution < -0.4 is 74.5 Å². The van der Waals surface area contributed by atoms with Gasteiger partial charge < -0.3 is 13.5 Å². The Labute approximate surface area is 300 Å². The van der Waals surface area contributed by atoms with Crippen LogP contribution >= 0.6 is 0 Å². The van der Waals surface area contributed by atoms with Crippen molar-refractivity contribution in [1.82, 2.24) is 0 Å². The Kier molecular flexibility index (Phi) is 11.3. The Balaban J connectivity index is 0.00000264. The monoisotopic (exact) mass is 675 g/mol. The molecule has 0 unspecified atom stereocenters. The summed E-state index contributed by atoms with van der Waals surface area (Å²) >= 11 is 0. The molecule has 5 rings (SSSR count). The van der Waals surface area contributed by atoms with Crippen molar-refractivity contribution in [2.75, 3.05) is 15.4 Å². The number of carbonyl (C=O) groups is 1. The summed E-state index contributed by atoms with van der Waals surface area (Å²) in [5.41, 5.74) is 0.629. The van der Waals surface area contributed by atoms with Gasteiger partial charge in [-0.1, -0.05) is 30.3 Å². The summed E-state index contributed by atoms with van der Waals surface area (Å²) in [5.74, 6) is 0. The van der Waals surface area contributed by atoms with Crippen LogP contribution in [0.3, 0.4) is 0 Å². The van der Waals surface area contributed by atoms with Crippen LogP contribution in [-0.2, 0) is 30.3 Å². The molecule has 0 atom stereocenters. The molecule has 17 heteroatoms. The Morgan fingerprint density at radius 1 is 0.523 bits per heavy atom. The van der Waals surface area contributed by atoms with E-state index < -0.39 is 41.2 Å². The molecule has 0 radical (unpaired) electrons. The van der Waals surface area contributed by atoms with Crippen molar-refractivity contribution in [2.45, 2.75) is 14.7 Å². The smallest absolute Gasteiger partial charge is 1.00 e. The molecule has 0 fully saturated rings. The van der Waals surface area contributed by atoms with E-state index in [-0.39, 0.29) is 77.4 Å². The number of anilines is 3. The van der Waals surface area contributed by atoms with Crippen LogP contribution in [-0.4, -0.2) is 40.4 Å². The van der Waals surface area contributed by atoms with Crippen LogP contribution in [0.5, 0.6) is 0 Å². The number of urea groups is 1. The average molecular weight is 676 g/mol. The standard InChI is InChI=1S/C27H21N3O9S3.2Na.2H/c31-27(29-22-9-5-18-7-11-26(42(37,38)39)15-20(18)13-22)28-21-8-4-17-6-10-24(14-19(17)12-21)40(32,33)30-23-2-1-3-25(16-23)41(34,35)36;;;;/h1-16,30H,(H2,28,29,31)(H,34,35,36)(H,37,38,39);;;;/q;2*+1;2*-1. The predicted molar refractivity (Wildman–Crippen MR) is 160 cm³/mol. The van der Waals surface area contributed by atoms with Gasteiger partial charge in [-0.2, -0.15) is 16.8 Å². The van der Waals surface area contributed by atoms with Gasteiger partial charge in [-0.15, -0.1) is 0 Å². The fourth-order valence-electron chi connectivity index (χ4n) is 4.16. The molecule has 0 aromatic heterocycles. The van der Waals surface area contributed by atoms with E-state index in [2.05, 4.69) is 15.4 Å². The van der Waals surface area contributed by atoms with Crippen LogP contribution in [0.1, 0.15) is 2.85 Å². The molecule has 0 bridgehead atoms. The van der Waals surface area contributed by atoms with Gasteiger partial charge in [0.2, 0.25) is 0 Å². The Morgan fingerprint density at radius 2 is 0.977 bits per heavy atom. The molecule has 5 aromatic carbocycles. The minimum Gasteiger partial charge on any atom is -1.00 e. The maximum atomic E-state index is 13.0. The van der Waals surface area contributed by atoms with Crippen molar-refractivity contribution in [2.24, 2.45) is 0 Å². The van der Waals surface area contributed by atoms with E-state index in [0.717, 1.165) is 12.1 Å². The molecule has 0 aliphatic rings. The summed E-state index contributed by atoms with van der Waals surface area (Å²) in [5, 5.41) is 7.61. The third-order valence-electron chi connectivity index (χ3n) is 6.13. The first kappa shape index (κ1) is 35.9.